The van der Waals surface area contributed by atoms with Gasteiger partial charge in [-0.1, -0.05) is 35.5 Å². The number of rotatable bonds is 5. The molecule has 7 heteroatoms. The SMILES string of the molecule is Cc1occc1-c1nnc(SCC(O)c2cccc(Cl)c2)n1C. The Labute approximate surface area is 143 Å². The molecule has 0 fully saturated rings. The molecule has 0 bridgehead atoms. The molecule has 1 N–H and O–H groups in total. The van der Waals surface area contributed by atoms with E-state index >= 15 is 0 Å². The van der Waals surface area contributed by atoms with Crippen LogP contribution in [0.2, 0.25) is 5.02 Å². The number of aromatic nitrogens is 3. The van der Waals surface area contributed by atoms with E-state index < -0.39 is 6.10 Å². The van der Waals surface area contributed by atoms with Crippen LogP contribution in [0.1, 0.15) is 17.4 Å². The number of hydrogen-bond acceptors (Lipinski definition) is 5. The number of halogens is 1. The van der Waals surface area contributed by atoms with Crippen molar-refractivity contribution in [3.8, 4) is 11.4 Å². The Kier molecular flexibility index (Phi) is 4.75. The molecular formula is C16H16ClN3O2S. The summed E-state index contributed by atoms with van der Waals surface area (Å²) in [6.45, 7) is 1.89. The lowest BCUT2D eigenvalue weighted by Gasteiger charge is -2.10. The summed E-state index contributed by atoms with van der Waals surface area (Å²) in [4.78, 5) is 0. The first-order valence-corrected chi connectivity index (χ1v) is 8.43. The van der Waals surface area contributed by atoms with Crippen molar-refractivity contribution in [3.63, 3.8) is 0 Å². The highest BCUT2D eigenvalue weighted by Gasteiger charge is 2.16. The third-order valence-corrected chi connectivity index (χ3v) is 4.87. The number of aliphatic hydroxyl groups excluding tert-OH is 1. The van der Waals surface area contributed by atoms with Gasteiger partial charge in [0.1, 0.15) is 5.76 Å². The van der Waals surface area contributed by atoms with Gasteiger partial charge in [0.05, 0.1) is 17.9 Å². The highest BCUT2D eigenvalue weighted by molar-refractivity contribution is 7.99. The van der Waals surface area contributed by atoms with Crippen molar-refractivity contribution >= 4 is 23.4 Å². The average Bonchev–Trinajstić information content (AvgIpc) is 3.10. The summed E-state index contributed by atoms with van der Waals surface area (Å²) >= 11 is 7.40. The summed E-state index contributed by atoms with van der Waals surface area (Å²) in [5, 5.41) is 20.0. The Morgan fingerprint density at radius 3 is 2.87 bits per heavy atom. The van der Waals surface area contributed by atoms with Gasteiger partial charge in [-0.25, -0.2) is 0 Å². The Balaban J connectivity index is 1.72. The zero-order chi connectivity index (χ0) is 16.4. The summed E-state index contributed by atoms with van der Waals surface area (Å²) < 4.78 is 7.21. The van der Waals surface area contributed by atoms with Crippen LogP contribution < -0.4 is 0 Å². The summed E-state index contributed by atoms with van der Waals surface area (Å²) in [5.41, 5.74) is 1.71. The van der Waals surface area contributed by atoms with Crippen LogP contribution in [0.4, 0.5) is 0 Å². The molecule has 120 valence electrons. The van der Waals surface area contributed by atoms with Crippen molar-refractivity contribution in [2.75, 3.05) is 5.75 Å². The van der Waals surface area contributed by atoms with E-state index in [0.717, 1.165) is 27.9 Å². The van der Waals surface area contributed by atoms with Gasteiger partial charge in [0.25, 0.3) is 0 Å². The first-order valence-electron chi connectivity index (χ1n) is 7.06. The van der Waals surface area contributed by atoms with Crippen LogP contribution in [-0.4, -0.2) is 25.6 Å². The lowest BCUT2D eigenvalue weighted by atomic mass is 10.1. The lowest BCUT2D eigenvalue weighted by molar-refractivity contribution is 0.204. The minimum absolute atomic E-state index is 0.469. The van der Waals surface area contributed by atoms with Gasteiger partial charge in [-0.15, -0.1) is 10.2 Å². The molecule has 0 amide bonds. The highest BCUT2D eigenvalue weighted by Crippen LogP contribution is 2.28. The van der Waals surface area contributed by atoms with E-state index in [1.165, 1.54) is 11.8 Å². The van der Waals surface area contributed by atoms with Crippen molar-refractivity contribution in [2.45, 2.75) is 18.2 Å². The second-order valence-electron chi connectivity index (χ2n) is 5.14. The molecule has 2 aromatic heterocycles. The number of hydrogen-bond donors (Lipinski definition) is 1. The molecule has 0 radical (unpaired) electrons. The van der Waals surface area contributed by atoms with Crippen molar-refractivity contribution in [2.24, 2.45) is 7.05 Å². The Bertz CT molecular complexity index is 815. The zero-order valence-corrected chi connectivity index (χ0v) is 14.3. The van der Waals surface area contributed by atoms with Crippen LogP contribution >= 0.6 is 23.4 Å². The highest BCUT2D eigenvalue weighted by atomic mass is 35.5. The van der Waals surface area contributed by atoms with E-state index in [-0.39, 0.29) is 0 Å². The monoisotopic (exact) mass is 349 g/mol. The topological polar surface area (TPSA) is 64.1 Å². The fraction of sp³-hybridized carbons (Fsp3) is 0.250. The normalized spacial score (nSPS) is 12.5. The van der Waals surface area contributed by atoms with Crippen molar-refractivity contribution in [1.29, 1.82) is 0 Å². The molecule has 0 aliphatic carbocycles. The van der Waals surface area contributed by atoms with Crippen LogP contribution in [0.25, 0.3) is 11.4 Å². The standard InChI is InChI=1S/C16H16ClN3O2S/c1-10-13(6-7-22-10)15-18-19-16(20(15)2)23-9-14(21)11-4-3-5-12(17)8-11/h3-8,14,21H,9H2,1-2H3. The molecule has 2 heterocycles. The molecule has 5 nitrogen and oxygen atoms in total. The van der Waals surface area contributed by atoms with Gasteiger partial charge in [-0.2, -0.15) is 0 Å². The Hall–Kier alpha value is -1.76. The number of aryl methyl sites for hydroxylation is 1. The third kappa shape index (κ3) is 3.44. The summed E-state index contributed by atoms with van der Waals surface area (Å²) in [5.74, 6) is 2.02. The minimum atomic E-state index is -0.616. The van der Waals surface area contributed by atoms with Gasteiger partial charge in [0.15, 0.2) is 11.0 Å². The smallest absolute Gasteiger partial charge is 0.191 e. The van der Waals surface area contributed by atoms with Crippen LogP contribution in [0, 0.1) is 6.92 Å². The van der Waals surface area contributed by atoms with Gasteiger partial charge in [-0.3, -0.25) is 0 Å². The van der Waals surface area contributed by atoms with Crippen LogP contribution in [0.3, 0.4) is 0 Å². The largest absolute Gasteiger partial charge is 0.469 e. The van der Waals surface area contributed by atoms with Gasteiger partial charge in [0.2, 0.25) is 0 Å². The average molecular weight is 350 g/mol. The molecule has 0 spiro atoms. The van der Waals surface area contributed by atoms with E-state index in [1.807, 2.05) is 36.7 Å². The fourth-order valence-corrected chi connectivity index (χ4v) is 3.33. The van der Waals surface area contributed by atoms with Crippen molar-refractivity contribution < 1.29 is 9.52 Å². The van der Waals surface area contributed by atoms with Crippen molar-refractivity contribution in [3.05, 3.63) is 52.9 Å². The number of thioether (sulfide) groups is 1. The molecule has 0 aliphatic rings. The third-order valence-electron chi connectivity index (χ3n) is 3.54. The molecule has 3 rings (SSSR count). The molecule has 1 aromatic carbocycles. The van der Waals surface area contributed by atoms with Gasteiger partial charge >= 0.3 is 0 Å². The van der Waals surface area contributed by atoms with Crippen LogP contribution in [-0.2, 0) is 7.05 Å². The van der Waals surface area contributed by atoms with Crippen molar-refractivity contribution in [1.82, 2.24) is 14.8 Å². The van der Waals surface area contributed by atoms with Gasteiger partial charge in [0, 0.05) is 17.8 Å². The molecule has 1 unspecified atom stereocenters. The number of aliphatic hydroxyl groups is 1. The molecule has 23 heavy (non-hydrogen) atoms. The predicted octanol–water partition coefficient (Wildman–Crippen LogP) is 3.86. The second kappa shape index (κ2) is 6.78. The molecule has 0 saturated heterocycles. The predicted molar refractivity (Wildman–Crippen MR) is 90.6 cm³/mol. The molecule has 1 atom stereocenters. The molecular weight excluding hydrogens is 334 g/mol. The van der Waals surface area contributed by atoms with Crippen LogP contribution in [0.15, 0.2) is 46.2 Å². The summed E-state index contributed by atoms with van der Waals surface area (Å²) in [6.07, 6.45) is 1.02. The maximum atomic E-state index is 10.3. The molecule has 0 aliphatic heterocycles. The Morgan fingerprint density at radius 1 is 1.35 bits per heavy atom. The van der Waals surface area contributed by atoms with E-state index in [1.54, 1.807) is 18.4 Å². The summed E-state index contributed by atoms with van der Waals surface area (Å²) in [6, 6.07) is 9.10. The van der Waals surface area contributed by atoms with E-state index in [2.05, 4.69) is 10.2 Å². The molecule has 3 aromatic rings. The second-order valence-corrected chi connectivity index (χ2v) is 6.56. The fourth-order valence-electron chi connectivity index (χ4n) is 2.26. The minimum Gasteiger partial charge on any atom is -0.469 e. The van der Waals surface area contributed by atoms with Gasteiger partial charge in [-0.05, 0) is 30.7 Å². The van der Waals surface area contributed by atoms with E-state index in [0.29, 0.717) is 10.8 Å². The molecule has 0 saturated carbocycles. The number of furan rings is 1. The zero-order valence-electron chi connectivity index (χ0n) is 12.7. The first-order chi connectivity index (χ1) is 11.1. The number of nitrogens with zero attached hydrogens (tertiary/aromatic N) is 3. The maximum Gasteiger partial charge on any atom is 0.191 e. The van der Waals surface area contributed by atoms with Gasteiger partial charge < -0.3 is 14.1 Å². The quantitative estimate of drug-likeness (QED) is 0.708. The first kappa shape index (κ1) is 16.1. The van der Waals surface area contributed by atoms with Crippen LogP contribution in [0.5, 0.6) is 0 Å². The van der Waals surface area contributed by atoms with E-state index in [9.17, 15) is 5.11 Å². The number of benzene rings is 1. The summed E-state index contributed by atoms with van der Waals surface area (Å²) in [7, 11) is 1.90. The lowest BCUT2D eigenvalue weighted by Crippen LogP contribution is -2.02. The van der Waals surface area contributed by atoms with E-state index in [4.69, 9.17) is 16.0 Å². The maximum absolute atomic E-state index is 10.3. The Morgan fingerprint density at radius 2 is 2.17 bits per heavy atom.